The smallest absolute Gasteiger partial charge is 0.103 e. The van der Waals surface area contributed by atoms with Crippen molar-refractivity contribution in [3.05, 3.63) is 16.1 Å². The number of hydrogen-bond donors (Lipinski definition) is 1. The van der Waals surface area contributed by atoms with Crippen molar-refractivity contribution in [2.45, 2.75) is 32.6 Å². The van der Waals surface area contributed by atoms with Gasteiger partial charge in [-0.3, -0.25) is 0 Å². The van der Waals surface area contributed by atoms with Crippen molar-refractivity contribution in [3.8, 4) is 0 Å². The first-order chi connectivity index (χ1) is 6.59. The van der Waals surface area contributed by atoms with Gasteiger partial charge in [0.05, 0.1) is 0 Å². The Morgan fingerprint density at radius 3 is 2.71 bits per heavy atom. The van der Waals surface area contributed by atoms with Crippen LogP contribution in [-0.4, -0.2) is 10.7 Å². The number of thioether (sulfide) groups is 1. The zero-order valence-corrected chi connectivity index (χ0v) is 10.6. The van der Waals surface area contributed by atoms with E-state index in [0.717, 1.165) is 11.7 Å². The maximum Gasteiger partial charge on any atom is 0.103 e. The summed E-state index contributed by atoms with van der Waals surface area (Å²) in [5, 5.41) is 1.20. The molecule has 0 saturated carbocycles. The molecule has 2 N–H and O–H groups in total. The molecule has 1 aromatic heterocycles. The third kappa shape index (κ3) is 3.98. The lowest BCUT2D eigenvalue weighted by Gasteiger charge is -2.01. The molecule has 80 valence electrons. The summed E-state index contributed by atoms with van der Waals surface area (Å²) < 4.78 is 0. The third-order valence-electron chi connectivity index (χ3n) is 1.70. The standard InChI is InChI=1S/C10H18N2S2/c1-7(2)5-13-6-10-12-4-9(14-10)8(3)11/h4,7-8H,5-6,11H2,1-3H3. The van der Waals surface area contributed by atoms with Gasteiger partial charge in [-0.2, -0.15) is 11.8 Å². The summed E-state index contributed by atoms with van der Waals surface area (Å²) in [6.07, 6.45) is 1.90. The molecule has 0 saturated heterocycles. The molecular weight excluding hydrogens is 212 g/mol. The molecule has 0 aliphatic carbocycles. The van der Waals surface area contributed by atoms with Crippen LogP contribution in [-0.2, 0) is 5.75 Å². The number of aromatic nitrogens is 1. The Balaban J connectivity index is 2.36. The lowest BCUT2D eigenvalue weighted by Crippen LogP contribution is -2.01. The zero-order valence-electron chi connectivity index (χ0n) is 8.99. The minimum Gasteiger partial charge on any atom is -0.323 e. The first kappa shape index (κ1) is 12.0. The van der Waals surface area contributed by atoms with Crippen molar-refractivity contribution in [3.63, 3.8) is 0 Å². The molecule has 0 amide bonds. The van der Waals surface area contributed by atoms with Crippen molar-refractivity contribution in [2.24, 2.45) is 11.7 Å². The molecule has 0 radical (unpaired) electrons. The van der Waals surface area contributed by atoms with Crippen LogP contribution in [0.4, 0.5) is 0 Å². The fourth-order valence-corrected chi connectivity index (χ4v) is 2.98. The van der Waals surface area contributed by atoms with E-state index in [4.69, 9.17) is 5.73 Å². The van der Waals surface area contributed by atoms with Gasteiger partial charge in [0.15, 0.2) is 0 Å². The van der Waals surface area contributed by atoms with Crippen LogP contribution in [0.3, 0.4) is 0 Å². The highest BCUT2D eigenvalue weighted by Crippen LogP contribution is 2.23. The summed E-state index contributed by atoms with van der Waals surface area (Å²) >= 11 is 3.68. The second-order valence-corrected chi connectivity index (χ2v) is 6.03. The van der Waals surface area contributed by atoms with E-state index >= 15 is 0 Å². The predicted octanol–water partition coefficient (Wildman–Crippen LogP) is 3.05. The van der Waals surface area contributed by atoms with Gasteiger partial charge in [0.25, 0.3) is 0 Å². The molecule has 2 nitrogen and oxygen atoms in total. The van der Waals surface area contributed by atoms with Crippen LogP contribution in [0.15, 0.2) is 6.20 Å². The van der Waals surface area contributed by atoms with Gasteiger partial charge in [0.1, 0.15) is 5.01 Å². The van der Waals surface area contributed by atoms with Gasteiger partial charge >= 0.3 is 0 Å². The Hall–Kier alpha value is -0.0600. The Morgan fingerprint density at radius 2 is 2.21 bits per heavy atom. The van der Waals surface area contributed by atoms with Crippen LogP contribution in [0, 0.1) is 5.92 Å². The van der Waals surface area contributed by atoms with Gasteiger partial charge in [-0.25, -0.2) is 4.98 Å². The SMILES string of the molecule is CC(C)CSCc1ncc(C(C)N)s1. The number of nitrogens with zero attached hydrogens (tertiary/aromatic N) is 1. The van der Waals surface area contributed by atoms with Crippen LogP contribution in [0.25, 0.3) is 0 Å². The fraction of sp³-hybridized carbons (Fsp3) is 0.700. The summed E-state index contributed by atoms with van der Waals surface area (Å²) in [4.78, 5) is 5.54. The summed E-state index contributed by atoms with van der Waals surface area (Å²) in [5.74, 6) is 2.98. The van der Waals surface area contributed by atoms with E-state index in [1.807, 2.05) is 24.9 Å². The number of thiazole rings is 1. The Kier molecular flexibility index (Phi) is 4.92. The molecular formula is C10H18N2S2. The maximum atomic E-state index is 5.77. The lowest BCUT2D eigenvalue weighted by molar-refractivity contribution is 0.750. The van der Waals surface area contributed by atoms with Gasteiger partial charge in [-0.15, -0.1) is 11.3 Å². The lowest BCUT2D eigenvalue weighted by atomic mass is 10.3. The Labute approximate surface area is 94.3 Å². The molecule has 1 aromatic rings. The maximum absolute atomic E-state index is 5.77. The predicted molar refractivity (Wildman–Crippen MR) is 65.7 cm³/mol. The first-order valence-electron chi connectivity index (χ1n) is 4.87. The summed E-state index contributed by atoms with van der Waals surface area (Å²) in [6, 6.07) is 0.122. The second-order valence-electron chi connectivity index (χ2n) is 3.85. The number of hydrogen-bond acceptors (Lipinski definition) is 4. The van der Waals surface area contributed by atoms with Crippen molar-refractivity contribution in [2.75, 3.05) is 5.75 Å². The highest BCUT2D eigenvalue weighted by molar-refractivity contribution is 7.98. The average Bonchev–Trinajstić information content (AvgIpc) is 2.52. The summed E-state index contributed by atoms with van der Waals surface area (Å²) in [5.41, 5.74) is 5.77. The molecule has 1 rings (SSSR count). The van der Waals surface area contributed by atoms with Gasteiger partial charge in [0, 0.05) is 22.9 Å². The molecule has 0 aliphatic rings. The summed E-state index contributed by atoms with van der Waals surface area (Å²) in [7, 11) is 0. The largest absolute Gasteiger partial charge is 0.323 e. The zero-order chi connectivity index (χ0) is 10.6. The first-order valence-corrected chi connectivity index (χ1v) is 6.84. The molecule has 0 fully saturated rings. The highest BCUT2D eigenvalue weighted by atomic mass is 32.2. The van der Waals surface area contributed by atoms with E-state index < -0.39 is 0 Å². The van der Waals surface area contributed by atoms with E-state index in [2.05, 4.69) is 18.8 Å². The van der Waals surface area contributed by atoms with Crippen LogP contribution < -0.4 is 5.73 Å². The van der Waals surface area contributed by atoms with Crippen LogP contribution >= 0.6 is 23.1 Å². The third-order valence-corrected chi connectivity index (χ3v) is 4.46. The van der Waals surface area contributed by atoms with Crippen molar-refractivity contribution in [1.29, 1.82) is 0 Å². The van der Waals surface area contributed by atoms with Crippen LogP contribution in [0.2, 0.25) is 0 Å². The van der Waals surface area contributed by atoms with E-state index in [-0.39, 0.29) is 6.04 Å². The minimum atomic E-state index is 0.122. The molecule has 1 unspecified atom stereocenters. The molecule has 0 spiro atoms. The van der Waals surface area contributed by atoms with Crippen molar-refractivity contribution >= 4 is 23.1 Å². The molecule has 1 atom stereocenters. The Morgan fingerprint density at radius 1 is 1.50 bits per heavy atom. The van der Waals surface area contributed by atoms with E-state index in [1.165, 1.54) is 15.6 Å². The molecule has 4 heteroatoms. The van der Waals surface area contributed by atoms with Gasteiger partial charge < -0.3 is 5.73 Å². The van der Waals surface area contributed by atoms with E-state index in [0.29, 0.717) is 0 Å². The fourth-order valence-electron chi connectivity index (χ4n) is 0.984. The van der Waals surface area contributed by atoms with Crippen molar-refractivity contribution < 1.29 is 0 Å². The summed E-state index contributed by atoms with van der Waals surface area (Å²) in [6.45, 7) is 6.48. The van der Waals surface area contributed by atoms with Crippen molar-refractivity contribution in [1.82, 2.24) is 4.98 Å². The van der Waals surface area contributed by atoms with Gasteiger partial charge in [0.2, 0.25) is 0 Å². The average molecular weight is 230 g/mol. The normalized spacial score (nSPS) is 13.5. The quantitative estimate of drug-likeness (QED) is 0.845. The van der Waals surface area contributed by atoms with Gasteiger partial charge in [-0.1, -0.05) is 13.8 Å². The van der Waals surface area contributed by atoms with E-state index in [9.17, 15) is 0 Å². The Bertz CT molecular complexity index is 269. The second kappa shape index (κ2) is 5.73. The highest BCUT2D eigenvalue weighted by Gasteiger charge is 2.05. The molecule has 0 bridgehead atoms. The minimum absolute atomic E-state index is 0.122. The monoisotopic (exact) mass is 230 g/mol. The molecule has 0 aliphatic heterocycles. The van der Waals surface area contributed by atoms with Gasteiger partial charge in [-0.05, 0) is 18.6 Å². The molecule has 14 heavy (non-hydrogen) atoms. The van der Waals surface area contributed by atoms with Crippen LogP contribution in [0.1, 0.15) is 36.7 Å². The topological polar surface area (TPSA) is 38.9 Å². The van der Waals surface area contributed by atoms with E-state index in [1.54, 1.807) is 11.3 Å². The molecule has 1 heterocycles. The van der Waals surface area contributed by atoms with Crippen LogP contribution in [0.5, 0.6) is 0 Å². The number of nitrogens with two attached hydrogens (primary N) is 1. The molecule has 0 aromatic carbocycles. The number of rotatable bonds is 5.